The number of carboxylic acids is 2. The Morgan fingerprint density at radius 3 is 1.44 bits per heavy atom. The van der Waals surface area contributed by atoms with Gasteiger partial charge >= 0.3 is 11.9 Å². The maximum absolute atomic E-state index is 12.4. The number of carbonyl (C=O) groups excluding carboxylic acids is 5. The molecule has 0 spiro atoms. The Hall–Kier alpha value is -3.15. The van der Waals surface area contributed by atoms with Gasteiger partial charge in [-0.05, 0) is 64.2 Å². The van der Waals surface area contributed by atoms with E-state index in [2.05, 4.69) is 16.0 Å². The van der Waals surface area contributed by atoms with Crippen molar-refractivity contribution in [1.29, 1.82) is 0 Å². The summed E-state index contributed by atoms with van der Waals surface area (Å²) in [6, 6.07) is -1.41. The Morgan fingerprint density at radius 1 is 0.491 bits per heavy atom. The molecule has 0 heterocycles. The number of hydrogen-bond donors (Lipinski definition) is 5. The van der Waals surface area contributed by atoms with Gasteiger partial charge in [0.15, 0.2) is 0 Å². The summed E-state index contributed by atoms with van der Waals surface area (Å²) in [6.45, 7) is 6.23. The average molecular weight is 780 g/mol. The summed E-state index contributed by atoms with van der Waals surface area (Å²) in [5.74, 6) is -1.76. The average Bonchev–Trinajstić information content (AvgIpc) is 3.11. The first-order valence-electron chi connectivity index (χ1n) is 21.6. The highest BCUT2D eigenvalue weighted by molar-refractivity contribution is 5.85. The van der Waals surface area contributed by atoms with E-state index in [0.29, 0.717) is 38.6 Å². The number of carboxylic acid groups (broad SMARTS) is 2. The van der Waals surface area contributed by atoms with Crippen molar-refractivity contribution in [3.8, 4) is 0 Å². The molecule has 0 aromatic rings. The standard InChI is InChI=1S/C43H77N3O9/c1-34(2)32-37(49)33-45-38(35(3)47)25-22-23-31-44-40(50)26-19-17-16-18-24-36(48)29-30-39(43(54)55)46-41(51)27-20-14-12-10-8-6-4-5-7-9-11-13-15-21-28-42(52)53/h34,38-39,45H,4-33H2,1-3H3,(H,44,50)(H,46,51)(H,52,53)(H,54,55)/t38-,39-/m0/s1. The maximum atomic E-state index is 12.4. The van der Waals surface area contributed by atoms with Crippen LogP contribution in [-0.2, 0) is 33.6 Å². The third-order valence-electron chi connectivity index (χ3n) is 9.91. The van der Waals surface area contributed by atoms with Crippen molar-refractivity contribution in [2.24, 2.45) is 5.92 Å². The van der Waals surface area contributed by atoms with Gasteiger partial charge in [0.25, 0.3) is 0 Å². The van der Waals surface area contributed by atoms with E-state index < -0.39 is 18.0 Å². The molecule has 2 atom stereocenters. The van der Waals surface area contributed by atoms with Crippen molar-refractivity contribution < 1.29 is 43.8 Å². The van der Waals surface area contributed by atoms with Crippen molar-refractivity contribution >= 4 is 41.1 Å². The third kappa shape index (κ3) is 35.0. The smallest absolute Gasteiger partial charge is 0.326 e. The molecule has 0 bridgehead atoms. The van der Waals surface area contributed by atoms with Gasteiger partial charge in [-0.15, -0.1) is 0 Å². The minimum Gasteiger partial charge on any atom is -0.481 e. The fraction of sp³-hybridized carbons (Fsp3) is 0.837. The molecule has 318 valence electrons. The molecular formula is C43H77N3O9. The van der Waals surface area contributed by atoms with Crippen LogP contribution >= 0.6 is 0 Å². The van der Waals surface area contributed by atoms with Crippen LogP contribution in [0.4, 0.5) is 0 Å². The first kappa shape index (κ1) is 51.9. The zero-order valence-corrected chi connectivity index (χ0v) is 34.7. The van der Waals surface area contributed by atoms with Gasteiger partial charge in [-0.1, -0.05) is 104 Å². The van der Waals surface area contributed by atoms with Crippen molar-refractivity contribution in [3.63, 3.8) is 0 Å². The van der Waals surface area contributed by atoms with Gasteiger partial charge in [0, 0.05) is 45.1 Å². The summed E-state index contributed by atoms with van der Waals surface area (Å²) in [4.78, 5) is 82.9. The quantitative estimate of drug-likeness (QED) is 0.0380. The fourth-order valence-corrected chi connectivity index (χ4v) is 6.60. The van der Waals surface area contributed by atoms with Crippen molar-refractivity contribution in [3.05, 3.63) is 0 Å². The molecular weight excluding hydrogens is 702 g/mol. The molecule has 12 nitrogen and oxygen atoms in total. The topological polar surface area (TPSA) is 196 Å². The van der Waals surface area contributed by atoms with Crippen LogP contribution in [0.2, 0.25) is 0 Å². The van der Waals surface area contributed by atoms with Crippen LogP contribution in [0.3, 0.4) is 0 Å². The molecule has 0 saturated heterocycles. The van der Waals surface area contributed by atoms with Gasteiger partial charge in [0.1, 0.15) is 23.4 Å². The minimum absolute atomic E-state index is 0.00922. The van der Waals surface area contributed by atoms with Crippen LogP contribution in [0.1, 0.15) is 201 Å². The molecule has 55 heavy (non-hydrogen) atoms. The Morgan fingerprint density at radius 2 is 0.964 bits per heavy atom. The highest BCUT2D eigenvalue weighted by Crippen LogP contribution is 2.14. The number of nitrogens with one attached hydrogen (secondary N) is 3. The SMILES string of the molecule is CC(=O)[C@H](CCCCNC(=O)CCCCCCC(=O)CC[C@H](NC(=O)CCCCCCCCCCCCCCCCC(=O)O)C(=O)O)NCC(=O)CC(C)C. The Balaban J connectivity index is 3.83. The minimum atomic E-state index is -1.13. The fourth-order valence-electron chi connectivity index (χ4n) is 6.60. The summed E-state index contributed by atoms with van der Waals surface area (Å²) in [6.07, 6.45) is 22.4. The Bertz CT molecular complexity index is 1100. The van der Waals surface area contributed by atoms with E-state index >= 15 is 0 Å². The Kier molecular flexibility index (Phi) is 33.3. The highest BCUT2D eigenvalue weighted by atomic mass is 16.4. The van der Waals surface area contributed by atoms with E-state index in [-0.39, 0.29) is 73.4 Å². The summed E-state index contributed by atoms with van der Waals surface area (Å²) in [7, 11) is 0. The lowest BCUT2D eigenvalue weighted by molar-refractivity contribution is -0.142. The first-order valence-corrected chi connectivity index (χ1v) is 21.6. The van der Waals surface area contributed by atoms with Crippen molar-refractivity contribution in [2.75, 3.05) is 13.1 Å². The van der Waals surface area contributed by atoms with Crippen LogP contribution in [0, 0.1) is 5.92 Å². The molecule has 0 aliphatic carbocycles. The van der Waals surface area contributed by atoms with Crippen LogP contribution in [0.5, 0.6) is 0 Å². The molecule has 0 unspecified atom stereocenters. The molecule has 0 aliphatic rings. The van der Waals surface area contributed by atoms with Gasteiger partial charge in [0.2, 0.25) is 11.8 Å². The van der Waals surface area contributed by atoms with E-state index in [4.69, 9.17) is 5.11 Å². The van der Waals surface area contributed by atoms with Crippen molar-refractivity contribution in [2.45, 2.75) is 213 Å². The van der Waals surface area contributed by atoms with E-state index in [0.717, 1.165) is 77.0 Å². The maximum Gasteiger partial charge on any atom is 0.326 e. The number of amides is 2. The Labute approximate surface area is 331 Å². The molecule has 0 aromatic carbocycles. The number of Topliss-reactive ketones (excluding diaryl/α,β-unsaturated/α-hetero) is 3. The van der Waals surface area contributed by atoms with E-state index in [1.54, 1.807) is 0 Å². The number of ketones is 3. The molecule has 0 rings (SSSR count). The molecule has 2 amide bonds. The zero-order chi connectivity index (χ0) is 41.1. The molecule has 0 saturated carbocycles. The van der Waals surface area contributed by atoms with Gasteiger partial charge in [-0.3, -0.25) is 28.8 Å². The summed E-state index contributed by atoms with van der Waals surface area (Å²) < 4.78 is 0. The number of hydrogen-bond acceptors (Lipinski definition) is 8. The number of aliphatic carboxylic acids is 2. The monoisotopic (exact) mass is 780 g/mol. The van der Waals surface area contributed by atoms with Crippen LogP contribution in [0.15, 0.2) is 0 Å². The lowest BCUT2D eigenvalue weighted by Gasteiger charge is -2.16. The van der Waals surface area contributed by atoms with E-state index in [1.165, 1.54) is 51.9 Å². The number of rotatable bonds is 40. The number of unbranched alkanes of at least 4 members (excludes halogenated alkanes) is 17. The molecule has 0 fully saturated rings. The van der Waals surface area contributed by atoms with Crippen LogP contribution in [-0.4, -0.2) is 76.5 Å². The lowest BCUT2D eigenvalue weighted by atomic mass is 10.0. The zero-order valence-electron chi connectivity index (χ0n) is 34.7. The second kappa shape index (κ2) is 35.3. The van der Waals surface area contributed by atoms with E-state index in [1.807, 2.05) is 13.8 Å². The highest BCUT2D eigenvalue weighted by Gasteiger charge is 2.21. The number of carbonyl (C=O) groups is 7. The predicted octanol–water partition coefficient (Wildman–Crippen LogP) is 8.02. The molecule has 5 N–H and O–H groups in total. The summed E-state index contributed by atoms with van der Waals surface area (Å²) in [5.41, 5.74) is 0. The van der Waals surface area contributed by atoms with Crippen LogP contribution in [0.25, 0.3) is 0 Å². The predicted molar refractivity (Wildman–Crippen MR) is 217 cm³/mol. The molecule has 12 heteroatoms. The van der Waals surface area contributed by atoms with Crippen LogP contribution < -0.4 is 16.0 Å². The molecule has 0 aliphatic heterocycles. The first-order chi connectivity index (χ1) is 26.3. The summed E-state index contributed by atoms with van der Waals surface area (Å²) >= 11 is 0. The van der Waals surface area contributed by atoms with Gasteiger partial charge < -0.3 is 26.2 Å². The van der Waals surface area contributed by atoms with E-state index in [9.17, 15) is 38.7 Å². The van der Waals surface area contributed by atoms with Gasteiger partial charge in [-0.2, -0.15) is 0 Å². The second-order valence-corrected chi connectivity index (χ2v) is 15.8. The molecule has 0 aromatic heterocycles. The van der Waals surface area contributed by atoms with Gasteiger partial charge in [-0.25, -0.2) is 4.79 Å². The largest absolute Gasteiger partial charge is 0.481 e. The third-order valence-corrected chi connectivity index (χ3v) is 9.91. The normalized spacial score (nSPS) is 12.3. The van der Waals surface area contributed by atoms with Gasteiger partial charge in [0.05, 0.1) is 12.6 Å². The molecule has 0 radical (unpaired) electrons. The van der Waals surface area contributed by atoms with Crippen molar-refractivity contribution in [1.82, 2.24) is 16.0 Å². The second-order valence-electron chi connectivity index (χ2n) is 15.8. The summed E-state index contributed by atoms with van der Waals surface area (Å²) in [5, 5.41) is 26.8. The lowest BCUT2D eigenvalue weighted by Crippen LogP contribution is -2.41.